The minimum Gasteiger partial charge on any atom is -0.317 e. The smallest absolute Gasteiger partial charge is 0.315 e. The number of nitro groups is 2. The molecule has 8 nitrogen and oxygen atoms in total. The van der Waals surface area contributed by atoms with Crippen LogP contribution in [0.25, 0.3) is 0 Å². The van der Waals surface area contributed by atoms with Crippen molar-refractivity contribution in [2.75, 3.05) is 6.54 Å². The van der Waals surface area contributed by atoms with Crippen LogP contribution in [0.3, 0.4) is 0 Å². The Hall–Kier alpha value is -2.65. The quantitative estimate of drug-likeness (QED) is 0.166. The van der Waals surface area contributed by atoms with E-state index >= 15 is 0 Å². The normalized spacial score (nSPS) is 12.3. The predicted octanol–water partition coefficient (Wildman–Crippen LogP) is 3.85. The summed E-state index contributed by atoms with van der Waals surface area (Å²) in [5, 5.41) is 21.8. The van der Waals surface area contributed by atoms with Crippen LogP contribution in [0.4, 0.5) is 0 Å². The minimum atomic E-state index is -0.744. The first-order chi connectivity index (χ1) is 11.4. The van der Waals surface area contributed by atoms with Crippen molar-refractivity contribution in [1.82, 2.24) is 0 Å². The number of rotatable bonds is 9. The lowest BCUT2D eigenvalue weighted by Gasteiger charge is -2.09. The van der Waals surface area contributed by atoms with E-state index in [4.69, 9.17) is 9.22 Å². The Morgan fingerprint density at radius 3 is 2.38 bits per heavy atom. The summed E-state index contributed by atoms with van der Waals surface area (Å²) < 4.78 is 4.96. The average molecular weight is 352 g/mol. The highest BCUT2D eigenvalue weighted by Gasteiger charge is 2.25. The summed E-state index contributed by atoms with van der Waals surface area (Å²) in [4.78, 5) is 26.2. The van der Waals surface area contributed by atoms with E-state index in [2.05, 4.69) is 6.58 Å². The van der Waals surface area contributed by atoms with E-state index in [1.165, 1.54) is 13.0 Å². The molecule has 0 aliphatic heterocycles. The molecule has 1 aromatic carbocycles. The van der Waals surface area contributed by atoms with Gasteiger partial charge >= 0.3 is 5.70 Å². The van der Waals surface area contributed by atoms with Gasteiger partial charge in [0.15, 0.2) is 0 Å². The monoisotopic (exact) mass is 352 g/mol. The molecule has 1 aromatic rings. The largest absolute Gasteiger partial charge is 0.317 e. The van der Waals surface area contributed by atoms with E-state index < -0.39 is 22.1 Å². The van der Waals surface area contributed by atoms with Crippen molar-refractivity contribution in [1.29, 1.82) is 0 Å². The number of aryl methyl sites for hydroxylation is 1. The molecule has 0 N–H and O–H groups in total. The van der Waals surface area contributed by atoms with Gasteiger partial charge in [0, 0.05) is 15.9 Å². The Balaban J connectivity index is 2.97. The maximum absolute atomic E-state index is 11.1. The Labute approximate surface area is 142 Å². The molecule has 0 heterocycles. The van der Waals surface area contributed by atoms with Crippen LogP contribution >= 0.6 is 12.0 Å². The second kappa shape index (κ2) is 9.48. The molecule has 128 valence electrons. The van der Waals surface area contributed by atoms with Gasteiger partial charge in [-0.05, 0) is 26.0 Å². The third-order valence-electron chi connectivity index (χ3n) is 2.83. The van der Waals surface area contributed by atoms with Gasteiger partial charge in [-0.15, -0.1) is 4.33 Å². The molecule has 0 aliphatic rings. The molecule has 0 radical (unpaired) electrons. The van der Waals surface area contributed by atoms with Crippen LogP contribution in [0.1, 0.15) is 12.5 Å². The van der Waals surface area contributed by atoms with Crippen molar-refractivity contribution in [3.63, 3.8) is 0 Å². The fourth-order valence-corrected chi connectivity index (χ4v) is 2.06. The zero-order valence-corrected chi connectivity index (χ0v) is 13.9. The van der Waals surface area contributed by atoms with E-state index in [1.54, 1.807) is 12.1 Å². The van der Waals surface area contributed by atoms with E-state index in [1.807, 2.05) is 19.1 Å². The molecule has 0 aliphatic carbocycles. The Morgan fingerprint density at radius 2 is 1.92 bits per heavy atom. The van der Waals surface area contributed by atoms with Crippen LogP contribution in [-0.2, 0) is 9.22 Å². The maximum Gasteiger partial charge on any atom is 0.315 e. The molecule has 0 fully saturated rings. The highest BCUT2D eigenvalue weighted by molar-refractivity contribution is 7.94. The van der Waals surface area contributed by atoms with Crippen LogP contribution in [0.5, 0.6) is 0 Å². The van der Waals surface area contributed by atoms with Gasteiger partial charge in [0.05, 0.1) is 22.5 Å². The number of allylic oxidation sites excluding steroid dienone is 2. The zero-order valence-electron chi connectivity index (χ0n) is 13.1. The summed E-state index contributed by atoms with van der Waals surface area (Å²) in [6.45, 7) is 6.13. The van der Waals surface area contributed by atoms with Gasteiger partial charge in [-0.25, -0.2) is 0 Å². The summed E-state index contributed by atoms with van der Waals surface area (Å²) >= 11 is 0.833. The first kappa shape index (κ1) is 19.4. The molecule has 0 saturated heterocycles. The van der Waals surface area contributed by atoms with Crippen molar-refractivity contribution in [2.45, 2.75) is 18.7 Å². The van der Waals surface area contributed by atoms with Gasteiger partial charge in [-0.2, -0.15) is 0 Å². The lowest BCUT2D eigenvalue weighted by molar-refractivity contribution is -0.471. The summed E-state index contributed by atoms with van der Waals surface area (Å²) in [6, 6.07) is 7.28. The Morgan fingerprint density at radius 1 is 1.29 bits per heavy atom. The molecule has 0 aromatic heterocycles. The van der Waals surface area contributed by atoms with Crippen LogP contribution in [0, 0.1) is 27.2 Å². The molecule has 0 unspecified atom stereocenters. The zero-order chi connectivity index (χ0) is 18.1. The van der Waals surface area contributed by atoms with E-state index in [0.29, 0.717) is 4.90 Å². The second-order valence-electron chi connectivity index (χ2n) is 4.53. The van der Waals surface area contributed by atoms with Gasteiger partial charge in [0.25, 0.3) is 5.76 Å². The van der Waals surface area contributed by atoms with E-state index in [-0.39, 0.29) is 11.3 Å². The van der Waals surface area contributed by atoms with Crippen LogP contribution in [0.2, 0.25) is 0 Å². The molecule has 0 spiro atoms. The Kier molecular flexibility index (Phi) is 7.66. The predicted molar refractivity (Wildman–Crippen MR) is 89.0 cm³/mol. The summed E-state index contributed by atoms with van der Waals surface area (Å²) in [6.07, 6.45) is 2.30. The molecule has 9 heteroatoms. The van der Waals surface area contributed by atoms with Crippen LogP contribution in [-0.4, -0.2) is 16.4 Å². The highest BCUT2D eigenvalue weighted by Crippen LogP contribution is 2.25. The van der Waals surface area contributed by atoms with Crippen molar-refractivity contribution in [3.05, 3.63) is 85.8 Å². The maximum atomic E-state index is 11.1. The number of benzene rings is 1. The molecule has 24 heavy (non-hydrogen) atoms. The molecule has 0 atom stereocenters. The lowest BCUT2D eigenvalue weighted by atomic mass is 10.1. The van der Waals surface area contributed by atoms with Crippen molar-refractivity contribution in [3.8, 4) is 0 Å². The van der Waals surface area contributed by atoms with Crippen LogP contribution in [0.15, 0.2) is 64.9 Å². The number of nitrogens with zero attached hydrogens (tertiary/aromatic N) is 2. The SMILES string of the molecule is C=C/C(=C(OOSc1ccc(C)cc1)\C(=C/C)C[N+](=O)[O-])[N+](=O)[O-]. The molecule has 0 bridgehead atoms. The molecule has 0 saturated carbocycles. The first-order valence-corrected chi connectivity index (χ1v) is 7.49. The first-order valence-electron chi connectivity index (χ1n) is 6.75. The van der Waals surface area contributed by atoms with E-state index in [9.17, 15) is 20.2 Å². The fourth-order valence-electron chi connectivity index (χ4n) is 1.63. The van der Waals surface area contributed by atoms with Crippen molar-refractivity contribution >= 4 is 12.0 Å². The Bertz CT molecular complexity index is 682. The van der Waals surface area contributed by atoms with Crippen molar-refractivity contribution < 1.29 is 19.1 Å². The topological polar surface area (TPSA) is 105 Å². The highest BCUT2D eigenvalue weighted by atomic mass is 32.2. The standard InChI is InChI=1S/C15H16N2O6S/c1-4-12(10-16(18)19)15(14(5-2)17(20)21)22-23-24-13-8-6-11(3)7-9-13/h4-9H,2,10H2,1,3H3/b12-4-,15-14-. The van der Waals surface area contributed by atoms with Gasteiger partial charge in [-0.1, -0.05) is 30.4 Å². The summed E-state index contributed by atoms with van der Waals surface area (Å²) in [7, 11) is 0. The van der Waals surface area contributed by atoms with Gasteiger partial charge < -0.3 is 4.89 Å². The number of hydrogen-bond donors (Lipinski definition) is 0. The third-order valence-corrected chi connectivity index (χ3v) is 3.43. The van der Waals surface area contributed by atoms with E-state index in [0.717, 1.165) is 23.7 Å². The van der Waals surface area contributed by atoms with Gasteiger partial charge in [0.2, 0.25) is 6.54 Å². The summed E-state index contributed by atoms with van der Waals surface area (Å²) in [5.74, 6) is -0.353. The van der Waals surface area contributed by atoms with Gasteiger partial charge in [-0.3, -0.25) is 20.2 Å². The van der Waals surface area contributed by atoms with Crippen molar-refractivity contribution in [2.24, 2.45) is 0 Å². The fraction of sp³-hybridized carbons (Fsp3) is 0.200. The van der Waals surface area contributed by atoms with Gasteiger partial charge in [0.1, 0.15) is 0 Å². The molecule has 1 rings (SSSR count). The second-order valence-corrected chi connectivity index (χ2v) is 5.30. The minimum absolute atomic E-state index is 0.0103. The molecule has 0 amide bonds. The van der Waals surface area contributed by atoms with Crippen LogP contribution < -0.4 is 0 Å². The summed E-state index contributed by atoms with van der Waals surface area (Å²) in [5.41, 5.74) is 0.552. The lowest BCUT2D eigenvalue weighted by Crippen LogP contribution is -2.12. The molecular formula is C15H16N2O6S. The average Bonchev–Trinajstić information content (AvgIpc) is 2.53. The number of hydrogen-bond acceptors (Lipinski definition) is 7. The molecular weight excluding hydrogens is 336 g/mol. The third kappa shape index (κ3) is 5.86.